The van der Waals surface area contributed by atoms with Gasteiger partial charge >= 0.3 is 6.18 Å². The second-order valence-electron chi connectivity index (χ2n) is 6.44. The van der Waals surface area contributed by atoms with Crippen LogP contribution in [-0.4, -0.2) is 15.9 Å². The zero-order valence-corrected chi connectivity index (χ0v) is 15.6. The molecule has 0 bridgehead atoms. The number of amides is 1. The van der Waals surface area contributed by atoms with Crippen molar-refractivity contribution in [3.8, 4) is 0 Å². The molecule has 2 heterocycles. The molecule has 0 radical (unpaired) electrons. The van der Waals surface area contributed by atoms with Crippen molar-refractivity contribution in [1.82, 2.24) is 15.3 Å². The van der Waals surface area contributed by atoms with E-state index in [1.54, 1.807) is 12.4 Å². The van der Waals surface area contributed by atoms with Crippen LogP contribution in [-0.2, 0) is 12.7 Å². The third-order valence-corrected chi connectivity index (χ3v) is 4.86. The Kier molecular flexibility index (Phi) is 4.84. The molecule has 4 aromatic rings. The number of nitrogens with one attached hydrogen (secondary N) is 1. The summed E-state index contributed by atoms with van der Waals surface area (Å²) in [6.45, 7) is 0.284. The highest BCUT2D eigenvalue weighted by Gasteiger charge is 2.33. The monoisotopic (exact) mass is 415 g/mol. The predicted octanol–water partition coefficient (Wildman–Crippen LogP) is 5.39. The number of carbonyl (C=O) groups is 1. The van der Waals surface area contributed by atoms with Gasteiger partial charge in [-0.3, -0.25) is 14.8 Å². The van der Waals surface area contributed by atoms with Crippen LogP contribution < -0.4 is 5.32 Å². The molecule has 0 aliphatic heterocycles. The Morgan fingerprint density at radius 1 is 1.07 bits per heavy atom. The molecule has 0 atom stereocenters. The molecule has 4 rings (SSSR count). The van der Waals surface area contributed by atoms with E-state index in [0.29, 0.717) is 5.39 Å². The lowest BCUT2D eigenvalue weighted by molar-refractivity contribution is -0.137. The Hall–Kier alpha value is -3.19. The van der Waals surface area contributed by atoms with Crippen molar-refractivity contribution in [3.63, 3.8) is 0 Å². The molecule has 1 amide bonds. The lowest BCUT2D eigenvalue weighted by Gasteiger charge is -2.11. The Morgan fingerprint density at radius 3 is 2.69 bits per heavy atom. The first-order chi connectivity index (χ1) is 13.8. The van der Waals surface area contributed by atoms with Crippen LogP contribution in [0.3, 0.4) is 0 Å². The van der Waals surface area contributed by atoms with Gasteiger partial charge in [0.25, 0.3) is 5.91 Å². The van der Waals surface area contributed by atoms with E-state index in [9.17, 15) is 18.0 Å². The number of nitrogens with zero attached hydrogens (tertiary/aromatic N) is 2. The molecule has 0 aliphatic carbocycles. The van der Waals surface area contributed by atoms with Gasteiger partial charge in [-0.05, 0) is 35.2 Å². The molecule has 1 N–H and O–H groups in total. The Balaban J connectivity index is 1.58. The van der Waals surface area contributed by atoms with Gasteiger partial charge in [0, 0.05) is 35.9 Å². The van der Waals surface area contributed by atoms with Gasteiger partial charge < -0.3 is 5.32 Å². The summed E-state index contributed by atoms with van der Waals surface area (Å²) in [5.41, 5.74) is 0.307. The van der Waals surface area contributed by atoms with Crippen molar-refractivity contribution in [3.05, 3.63) is 82.8 Å². The minimum absolute atomic E-state index is 0.111. The molecule has 2 aromatic heterocycles. The van der Waals surface area contributed by atoms with Crippen molar-refractivity contribution in [2.75, 3.05) is 0 Å². The minimum Gasteiger partial charge on any atom is -0.348 e. The first-order valence-corrected chi connectivity index (χ1v) is 8.97. The normalized spacial score (nSPS) is 11.7. The fourth-order valence-electron chi connectivity index (χ4n) is 3.11. The van der Waals surface area contributed by atoms with Gasteiger partial charge in [-0.25, -0.2) is 0 Å². The third kappa shape index (κ3) is 3.86. The zero-order chi connectivity index (χ0) is 20.6. The molecular weight excluding hydrogens is 403 g/mol. The van der Waals surface area contributed by atoms with Gasteiger partial charge in [-0.1, -0.05) is 29.8 Å². The summed E-state index contributed by atoms with van der Waals surface area (Å²) >= 11 is 5.76. The van der Waals surface area contributed by atoms with Crippen molar-refractivity contribution in [2.45, 2.75) is 12.7 Å². The molecule has 4 nitrogen and oxygen atoms in total. The minimum atomic E-state index is -4.57. The van der Waals surface area contributed by atoms with Crippen LogP contribution in [0.1, 0.15) is 21.5 Å². The molecule has 0 saturated heterocycles. The van der Waals surface area contributed by atoms with Crippen LogP contribution >= 0.6 is 11.6 Å². The average Bonchev–Trinajstić information content (AvgIpc) is 2.70. The van der Waals surface area contributed by atoms with Crippen LogP contribution in [0.2, 0.25) is 5.02 Å². The first kappa shape index (κ1) is 19.1. The van der Waals surface area contributed by atoms with Gasteiger partial charge in [0.05, 0.1) is 21.7 Å². The number of hydrogen-bond donors (Lipinski definition) is 1. The van der Waals surface area contributed by atoms with Gasteiger partial charge in [-0.2, -0.15) is 13.2 Å². The Bertz CT molecular complexity index is 1240. The zero-order valence-electron chi connectivity index (χ0n) is 14.8. The summed E-state index contributed by atoms with van der Waals surface area (Å²) in [4.78, 5) is 20.6. The van der Waals surface area contributed by atoms with Crippen molar-refractivity contribution >= 4 is 39.2 Å². The van der Waals surface area contributed by atoms with Crippen LogP contribution in [0.5, 0.6) is 0 Å². The van der Waals surface area contributed by atoms with Crippen LogP contribution in [0.4, 0.5) is 13.2 Å². The maximum atomic E-state index is 13.0. The van der Waals surface area contributed by atoms with Crippen LogP contribution in [0.25, 0.3) is 21.7 Å². The van der Waals surface area contributed by atoms with E-state index in [4.69, 9.17) is 11.6 Å². The molecule has 8 heteroatoms. The second-order valence-corrected chi connectivity index (χ2v) is 6.85. The van der Waals surface area contributed by atoms with E-state index in [2.05, 4.69) is 15.3 Å². The number of benzene rings is 2. The number of rotatable bonds is 3. The van der Waals surface area contributed by atoms with E-state index in [-0.39, 0.29) is 23.5 Å². The smallest absolute Gasteiger partial charge is 0.348 e. The number of hydrogen-bond acceptors (Lipinski definition) is 3. The maximum absolute atomic E-state index is 13.0. The predicted molar refractivity (Wildman–Crippen MR) is 105 cm³/mol. The summed E-state index contributed by atoms with van der Waals surface area (Å²) in [5, 5.41) is 4.66. The number of halogens is 4. The fraction of sp³-hybridized carbons (Fsp3) is 0.0952. The average molecular weight is 416 g/mol. The molecule has 0 aliphatic rings. The van der Waals surface area contributed by atoms with E-state index in [1.807, 2.05) is 24.3 Å². The molecule has 0 spiro atoms. The highest BCUT2D eigenvalue weighted by atomic mass is 35.5. The molecule has 0 saturated carbocycles. The molecule has 0 fully saturated rings. The van der Waals surface area contributed by atoms with Crippen molar-refractivity contribution in [1.29, 1.82) is 0 Å². The first-order valence-electron chi connectivity index (χ1n) is 8.59. The van der Waals surface area contributed by atoms with Crippen LogP contribution in [0, 0.1) is 0 Å². The number of pyridine rings is 2. The van der Waals surface area contributed by atoms with Gasteiger partial charge in [0.15, 0.2) is 0 Å². The largest absolute Gasteiger partial charge is 0.417 e. The maximum Gasteiger partial charge on any atom is 0.417 e. The lowest BCUT2D eigenvalue weighted by atomic mass is 10.1. The second kappa shape index (κ2) is 7.33. The highest BCUT2D eigenvalue weighted by Crippen LogP contribution is 2.36. The standard InChI is InChI=1S/C21H13ClF3N3O/c22-18-7-14-6-15(11-27-19(14)8-17(18)21(23,24)25)20(29)28-10-13-3-1-2-12-9-26-5-4-16(12)13/h1-9,11H,10H2,(H,28,29). The number of aromatic nitrogens is 2. The quantitative estimate of drug-likeness (QED) is 0.488. The Labute approximate surface area is 168 Å². The van der Waals surface area contributed by atoms with E-state index < -0.39 is 16.8 Å². The number of carbonyl (C=O) groups excluding carboxylic acids is 1. The molecule has 2 aromatic carbocycles. The molecular formula is C21H13ClF3N3O. The summed E-state index contributed by atoms with van der Waals surface area (Å²) < 4.78 is 38.9. The molecule has 146 valence electrons. The van der Waals surface area contributed by atoms with Gasteiger partial charge in [0.2, 0.25) is 0 Å². The summed E-state index contributed by atoms with van der Waals surface area (Å²) in [6.07, 6.45) is 0.0996. The highest BCUT2D eigenvalue weighted by molar-refractivity contribution is 6.32. The van der Waals surface area contributed by atoms with E-state index in [1.165, 1.54) is 18.3 Å². The summed E-state index contributed by atoms with van der Waals surface area (Å²) in [7, 11) is 0. The van der Waals surface area contributed by atoms with Gasteiger partial charge in [0.1, 0.15) is 0 Å². The molecule has 0 unspecified atom stereocenters. The lowest BCUT2D eigenvalue weighted by Crippen LogP contribution is -2.23. The van der Waals surface area contributed by atoms with Crippen molar-refractivity contribution < 1.29 is 18.0 Å². The third-order valence-electron chi connectivity index (χ3n) is 4.55. The summed E-state index contributed by atoms with van der Waals surface area (Å²) in [5.74, 6) is -0.388. The number of fused-ring (bicyclic) bond motifs is 2. The van der Waals surface area contributed by atoms with Gasteiger partial charge in [-0.15, -0.1) is 0 Å². The van der Waals surface area contributed by atoms with Crippen molar-refractivity contribution in [2.24, 2.45) is 0 Å². The molecule has 29 heavy (non-hydrogen) atoms. The Morgan fingerprint density at radius 2 is 1.90 bits per heavy atom. The summed E-state index contributed by atoms with van der Waals surface area (Å²) in [6, 6.07) is 11.1. The topological polar surface area (TPSA) is 54.9 Å². The van der Waals surface area contributed by atoms with Crippen LogP contribution in [0.15, 0.2) is 61.1 Å². The van der Waals surface area contributed by atoms with E-state index in [0.717, 1.165) is 22.4 Å². The van der Waals surface area contributed by atoms with E-state index >= 15 is 0 Å². The SMILES string of the molecule is O=C(NCc1cccc2cnccc12)c1cnc2cc(C(F)(F)F)c(Cl)cc2c1. The fourth-order valence-corrected chi connectivity index (χ4v) is 3.39. The number of alkyl halides is 3.